The van der Waals surface area contributed by atoms with Gasteiger partial charge in [-0.25, -0.2) is 0 Å². The minimum absolute atomic E-state index is 0.00824. The molecule has 15 heavy (non-hydrogen) atoms. The Morgan fingerprint density at radius 1 is 1.53 bits per heavy atom. The van der Waals surface area contributed by atoms with Crippen molar-refractivity contribution in [1.29, 1.82) is 0 Å². The zero-order valence-corrected chi connectivity index (χ0v) is 8.25. The van der Waals surface area contributed by atoms with Gasteiger partial charge >= 0.3 is 0 Å². The summed E-state index contributed by atoms with van der Waals surface area (Å²) in [6.07, 6.45) is 2.63. The van der Waals surface area contributed by atoms with Crippen molar-refractivity contribution in [2.75, 3.05) is 0 Å². The van der Waals surface area contributed by atoms with Gasteiger partial charge in [0.2, 0.25) is 0 Å². The van der Waals surface area contributed by atoms with Crippen LogP contribution in [0.5, 0.6) is 0 Å². The van der Waals surface area contributed by atoms with Crippen LogP contribution in [0.4, 0.5) is 0 Å². The van der Waals surface area contributed by atoms with E-state index in [-0.39, 0.29) is 11.6 Å². The number of nitrogens with two attached hydrogens (primary N) is 2. The van der Waals surface area contributed by atoms with Gasteiger partial charge in [-0.2, -0.15) is 0 Å². The summed E-state index contributed by atoms with van der Waals surface area (Å²) in [5, 5.41) is 0. The number of amides is 1. The summed E-state index contributed by atoms with van der Waals surface area (Å²) in [6, 6.07) is 1.42. The van der Waals surface area contributed by atoms with Gasteiger partial charge in [0.25, 0.3) is 11.5 Å². The van der Waals surface area contributed by atoms with Crippen molar-refractivity contribution in [2.45, 2.75) is 25.3 Å². The third-order valence-corrected chi connectivity index (χ3v) is 2.76. The van der Waals surface area contributed by atoms with E-state index in [0.29, 0.717) is 0 Å². The van der Waals surface area contributed by atoms with E-state index in [2.05, 4.69) is 4.98 Å². The fraction of sp³-hybridized carbons (Fsp3) is 0.400. The van der Waals surface area contributed by atoms with Gasteiger partial charge in [-0.15, -0.1) is 0 Å². The Kier molecular flexibility index (Phi) is 2.32. The number of hydrogen-bond acceptors (Lipinski definition) is 3. The molecule has 0 saturated carbocycles. The average molecular weight is 207 g/mol. The number of aryl methyl sites for hydroxylation is 1. The molecule has 0 saturated heterocycles. The van der Waals surface area contributed by atoms with E-state index in [1.807, 2.05) is 0 Å². The Bertz CT molecular complexity index is 464. The molecule has 5 N–H and O–H groups in total. The first-order valence-corrected chi connectivity index (χ1v) is 4.91. The van der Waals surface area contributed by atoms with Gasteiger partial charge in [-0.3, -0.25) is 9.59 Å². The summed E-state index contributed by atoms with van der Waals surface area (Å²) in [6.45, 7) is 0. The van der Waals surface area contributed by atoms with Crippen molar-refractivity contribution < 1.29 is 4.79 Å². The maximum atomic E-state index is 11.4. The molecule has 0 radical (unpaired) electrons. The zero-order chi connectivity index (χ0) is 11.0. The molecule has 2 rings (SSSR count). The van der Waals surface area contributed by atoms with Crippen LogP contribution in [0.3, 0.4) is 0 Å². The van der Waals surface area contributed by atoms with Gasteiger partial charge in [0.1, 0.15) is 5.56 Å². The lowest BCUT2D eigenvalue weighted by molar-refractivity contribution is 0.0998. The van der Waals surface area contributed by atoms with Crippen LogP contribution in [-0.2, 0) is 6.42 Å². The van der Waals surface area contributed by atoms with Crippen molar-refractivity contribution in [3.63, 3.8) is 0 Å². The van der Waals surface area contributed by atoms with E-state index in [1.54, 1.807) is 0 Å². The molecule has 0 bridgehead atoms. The quantitative estimate of drug-likeness (QED) is 0.594. The number of H-pyrrole nitrogens is 1. The highest BCUT2D eigenvalue weighted by atomic mass is 16.2. The van der Waals surface area contributed by atoms with Crippen LogP contribution in [0.2, 0.25) is 0 Å². The number of nitrogens with one attached hydrogen (secondary N) is 1. The van der Waals surface area contributed by atoms with Gasteiger partial charge in [-0.1, -0.05) is 0 Å². The molecule has 1 aromatic heterocycles. The van der Waals surface area contributed by atoms with Gasteiger partial charge in [0.15, 0.2) is 0 Å². The fourth-order valence-corrected chi connectivity index (χ4v) is 1.96. The normalized spacial score (nSPS) is 19.7. The number of rotatable bonds is 1. The third-order valence-electron chi connectivity index (χ3n) is 2.76. The highest BCUT2D eigenvalue weighted by Gasteiger charge is 2.20. The minimum Gasteiger partial charge on any atom is -0.365 e. The van der Waals surface area contributed by atoms with E-state index >= 15 is 0 Å². The number of fused-ring (bicyclic) bond motifs is 1. The number of aromatic nitrogens is 1. The second-order valence-corrected chi connectivity index (χ2v) is 3.81. The number of pyridine rings is 1. The molecule has 0 aliphatic heterocycles. The average Bonchev–Trinajstić information content (AvgIpc) is 2.16. The summed E-state index contributed by atoms with van der Waals surface area (Å²) in [7, 11) is 0. The van der Waals surface area contributed by atoms with E-state index < -0.39 is 11.5 Å². The fourth-order valence-electron chi connectivity index (χ4n) is 1.96. The van der Waals surface area contributed by atoms with Crippen LogP contribution in [0, 0.1) is 0 Å². The first-order chi connectivity index (χ1) is 7.09. The summed E-state index contributed by atoms with van der Waals surface area (Å²) in [4.78, 5) is 25.1. The molecule has 1 heterocycles. The molecule has 1 atom stereocenters. The standard InChI is InChI=1S/C10H13N3O2/c11-7-2-1-3-8-5(7)4-6(9(12)14)10(15)13-8/h4,7H,1-3,11H2,(H2,12,14)(H,13,15). The summed E-state index contributed by atoms with van der Waals surface area (Å²) < 4.78 is 0. The molecule has 1 aliphatic carbocycles. The first kappa shape index (κ1) is 9.92. The number of hydrogen-bond donors (Lipinski definition) is 3. The lowest BCUT2D eigenvalue weighted by Gasteiger charge is -2.21. The van der Waals surface area contributed by atoms with Crippen LogP contribution in [-0.4, -0.2) is 10.9 Å². The van der Waals surface area contributed by atoms with Crippen molar-refractivity contribution >= 4 is 5.91 Å². The largest absolute Gasteiger partial charge is 0.365 e. The van der Waals surface area contributed by atoms with Gasteiger partial charge in [0, 0.05) is 11.7 Å². The molecule has 0 spiro atoms. The van der Waals surface area contributed by atoms with Crippen LogP contribution < -0.4 is 17.0 Å². The first-order valence-electron chi connectivity index (χ1n) is 4.91. The number of carbonyl (C=O) groups is 1. The van der Waals surface area contributed by atoms with E-state index in [1.165, 1.54) is 6.07 Å². The van der Waals surface area contributed by atoms with Gasteiger partial charge in [-0.05, 0) is 30.9 Å². The van der Waals surface area contributed by atoms with Crippen LogP contribution in [0.15, 0.2) is 10.9 Å². The Hall–Kier alpha value is -1.62. The topological polar surface area (TPSA) is 102 Å². The van der Waals surface area contributed by atoms with Crippen molar-refractivity contribution in [3.8, 4) is 0 Å². The van der Waals surface area contributed by atoms with Crippen LogP contribution in [0.1, 0.15) is 40.5 Å². The maximum absolute atomic E-state index is 11.4. The van der Waals surface area contributed by atoms with E-state index in [4.69, 9.17) is 11.5 Å². The molecule has 5 nitrogen and oxygen atoms in total. The number of aromatic amines is 1. The van der Waals surface area contributed by atoms with Crippen LogP contribution >= 0.6 is 0 Å². The Labute approximate surface area is 86.5 Å². The highest BCUT2D eigenvalue weighted by molar-refractivity contribution is 5.92. The molecule has 0 aromatic carbocycles. The van der Waals surface area contributed by atoms with E-state index in [9.17, 15) is 9.59 Å². The maximum Gasteiger partial charge on any atom is 0.261 e. The van der Waals surface area contributed by atoms with Crippen molar-refractivity contribution in [1.82, 2.24) is 4.98 Å². The Morgan fingerprint density at radius 3 is 2.93 bits per heavy atom. The van der Waals surface area contributed by atoms with E-state index in [0.717, 1.165) is 30.5 Å². The molecule has 1 aliphatic rings. The molecule has 1 amide bonds. The van der Waals surface area contributed by atoms with Crippen molar-refractivity contribution in [3.05, 3.63) is 33.2 Å². The third kappa shape index (κ3) is 1.66. The van der Waals surface area contributed by atoms with Crippen molar-refractivity contribution in [2.24, 2.45) is 11.5 Å². The summed E-state index contributed by atoms with van der Waals surface area (Å²) in [5.41, 5.74) is 12.2. The second kappa shape index (κ2) is 3.51. The smallest absolute Gasteiger partial charge is 0.261 e. The van der Waals surface area contributed by atoms with Crippen LogP contribution in [0.25, 0.3) is 0 Å². The molecular formula is C10H13N3O2. The molecule has 1 aromatic rings. The van der Waals surface area contributed by atoms with Gasteiger partial charge in [0.05, 0.1) is 0 Å². The predicted octanol–water partition coefficient (Wildman–Crippen LogP) is -0.190. The molecule has 0 fully saturated rings. The summed E-state index contributed by atoms with van der Waals surface area (Å²) >= 11 is 0. The highest BCUT2D eigenvalue weighted by Crippen LogP contribution is 2.25. The number of carbonyl (C=O) groups excluding carboxylic acids is 1. The molecule has 80 valence electrons. The lowest BCUT2D eigenvalue weighted by Crippen LogP contribution is -2.28. The SMILES string of the molecule is NC(=O)c1cc2c([nH]c1=O)CCCC2N. The molecule has 1 unspecified atom stereocenters. The zero-order valence-electron chi connectivity index (χ0n) is 8.25. The summed E-state index contributed by atoms with van der Waals surface area (Å²) in [5.74, 6) is -0.711. The number of primary amides is 1. The molecule has 5 heteroatoms. The van der Waals surface area contributed by atoms with Gasteiger partial charge < -0.3 is 16.5 Å². The lowest BCUT2D eigenvalue weighted by atomic mass is 9.91. The Morgan fingerprint density at radius 2 is 2.27 bits per heavy atom. The second-order valence-electron chi connectivity index (χ2n) is 3.81. The minimum atomic E-state index is -0.711. The predicted molar refractivity (Wildman–Crippen MR) is 55.4 cm³/mol. The molecular weight excluding hydrogens is 194 g/mol. The Balaban J connectivity index is 2.60. The monoisotopic (exact) mass is 207 g/mol.